The molecule has 2 unspecified atom stereocenters. The minimum Gasteiger partial charge on any atom is -0.339 e. The van der Waals surface area contributed by atoms with Crippen LogP contribution in [0.1, 0.15) is 24.4 Å². The topological polar surface area (TPSA) is 49.4 Å². The first kappa shape index (κ1) is 14.0. The summed E-state index contributed by atoms with van der Waals surface area (Å²) in [5.41, 5.74) is 0.615. The molecule has 0 spiro atoms. The van der Waals surface area contributed by atoms with Crippen molar-refractivity contribution in [2.24, 2.45) is 5.92 Å². The molecule has 0 radical (unpaired) electrons. The van der Waals surface area contributed by atoms with Crippen molar-refractivity contribution in [1.82, 2.24) is 10.2 Å². The molecule has 4 nitrogen and oxygen atoms in total. The van der Waals surface area contributed by atoms with Gasteiger partial charge in [-0.2, -0.15) is 0 Å². The smallest absolute Gasteiger partial charge is 0.255 e. The largest absolute Gasteiger partial charge is 0.339 e. The van der Waals surface area contributed by atoms with Crippen molar-refractivity contribution >= 4 is 11.8 Å². The van der Waals surface area contributed by atoms with Gasteiger partial charge in [0.15, 0.2) is 0 Å². The van der Waals surface area contributed by atoms with E-state index in [1.165, 1.54) is 0 Å². The Morgan fingerprint density at radius 2 is 1.86 bits per heavy atom. The molecule has 2 aliphatic rings. The van der Waals surface area contributed by atoms with Crippen LogP contribution in [0.25, 0.3) is 0 Å². The molecule has 6 heteroatoms. The fourth-order valence-electron chi connectivity index (χ4n) is 2.84. The minimum atomic E-state index is -2.64. The lowest BCUT2D eigenvalue weighted by Gasteiger charge is -2.39. The summed E-state index contributed by atoms with van der Waals surface area (Å²) in [5.74, 6) is -0.756. The molecule has 112 valence electrons. The zero-order valence-electron chi connectivity index (χ0n) is 11.3. The van der Waals surface area contributed by atoms with E-state index >= 15 is 0 Å². The second-order valence-electron chi connectivity index (χ2n) is 5.52. The zero-order valence-corrected chi connectivity index (χ0v) is 11.3. The van der Waals surface area contributed by atoms with Crippen LogP contribution in [-0.2, 0) is 9.59 Å². The third-order valence-electron chi connectivity index (χ3n) is 3.96. The highest BCUT2D eigenvalue weighted by Gasteiger charge is 2.48. The van der Waals surface area contributed by atoms with Crippen LogP contribution in [0.2, 0.25) is 0 Å². The third kappa shape index (κ3) is 2.75. The minimum absolute atomic E-state index is 0.0180. The molecule has 1 aromatic rings. The lowest BCUT2D eigenvalue weighted by atomic mass is 9.98. The van der Waals surface area contributed by atoms with E-state index < -0.39 is 31.0 Å². The Labute approximate surface area is 121 Å². The lowest BCUT2D eigenvalue weighted by Crippen LogP contribution is -2.61. The van der Waals surface area contributed by atoms with Crippen molar-refractivity contribution in [2.45, 2.75) is 31.4 Å². The van der Waals surface area contributed by atoms with Gasteiger partial charge in [0, 0.05) is 0 Å². The Morgan fingerprint density at radius 1 is 1.19 bits per heavy atom. The summed E-state index contributed by atoms with van der Waals surface area (Å²) in [4.78, 5) is 25.8. The van der Waals surface area contributed by atoms with Gasteiger partial charge in [-0.3, -0.25) is 9.59 Å². The molecule has 0 bridgehead atoms. The molecule has 3 rings (SSSR count). The van der Waals surface area contributed by atoms with E-state index in [1.54, 1.807) is 30.3 Å². The summed E-state index contributed by atoms with van der Waals surface area (Å²) in [6.07, 6.45) is -1.03. The van der Waals surface area contributed by atoms with Crippen molar-refractivity contribution in [3.05, 3.63) is 35.9 Å². The van der Waals surface area contributed by atoms with Crippen LogP contribution in [0.3, 0.4) is 0 Å². The molecular weight excluding hydrogens is 278 g/mol. The molecule has 1 aromatic carbocycles. The SMILES string of the molecule is O=C1NC(c2ccccc2)C(=O)N(CC(F)F)C1C1CC1. The maximum Gasteiger partial charge on any atom is 0.255 e. The van der Waals surface area contributed by atoms with Gasteiger partial charge < -0.3 is 10.2 Å². The van der Waals surface area contributed by atoms with E-state index in [2.05, 4.69) is 5.32 Å². The maximum absolute atomic E-state index is 12.8. The summed E-state index contributed by atoms with van der Waals surface area (Å²) in [6, 6.07) is 7.10. The van der Waals surface area contributed by atoms with Crippen molar-refractivity contribution in [3.8, 4) is 0 Å². The van der Waals surface area contributed by atoms with Crippen LogP contribution < -0.4 is 5.32 Å². The van der Waals surface area contributed by atoms with Crippen LogP contribution in [0.15, 0.2) is 30.3 Å². The number of halogens is 2. The summed E-state index contributed by atoms with van der Waals surface area (Å²) in [7, 11) is 0. The van der Waals surface area contributed by atoms with Crippen LogP contribution in [-0.4, -0.2) is 35.7 Å². The monoisotopic (exact) mass is 294 g/mol. The lowest BCUT2D eigenvalue weighted by molar-refractivity contribution is -0.152. The van der Waals surface area contributed by atoms with Crippen LogP contribution in [0.5, 0.6) is 0 Å². The number of nitrogens with one attached hydrogen (secondary N) is 1. The van der Waals surface area contributed by atoms with Crippen LogP contribution in [0.4, 0.5) is 8.78 Å². The molecule has 2 atom stereocenters. The first-order valence-electron chi connectivity index (χ1n) is 7.02. The van der Waals surface area contributed by atoms with E-state index in [1.807, 2.05) is 0 Å². The van der Waals surface area contributed by atoms with Crippen molar-refractivity contribution in [2.75, 3.05) is 6.54 Å². The quantitative estimate of drug-likeness (QED) is 0.919. The van der Waals surface area contributed by atoms with E-state index in [-0.39, 0.29) is 11.8 Å². The van der Waals surface area contributed by atoms with E-state index in [0.29, 0.717) is 5.56 Å². The Morgan fingerprint density at radius 3 is 2.43 bits per heavy atom. The number of benzene rings is 1. The molecule has 1 aliphatic carbocycles. The summed E-state index contributed by atoms with van der Waals surface area (Å²) in [6.45, 7) is -0.684. The average molecular weight is 294 g/mol. The molecule has 1 N–H and O–H groups in total. The highest BCUT2D eigenvalue weighted by molar-refractivity contribution is 5.98. The van der Waals surface area contributed by atoms with Crippen molar-refractivity contribution < 1.29 is 18.4 Å². The standard InChI is InChI=1S/C15H16F2N2O2/c16-11(17)8-19-13(10-6-7-10)14(20)18-12(15(19)21)9-4-2-1-3-5-9/h1-5,10-13H,6-8H2,(H,18,20). The van der Waals surface area contributed by atoms with E-state index in [0.717, 1.165) is 17.7 Å². The molecule has 0 aromatic heterocycles. The summed E-state index contributed by atoms with van der Waals surface area (Å²) >= 11 is 0. The van der Waals surface area contributed by atoms with Gasteiger partial charge in [-0.15, -0.1) is 0 Å². The Hall–Kier alpha value is -1.98. The van der Waals surface area contributed by atoms with Gasteiger partial charge in [0.2, 0.25) is 5.91 Å². The number of hydrogen-bond donors (Lipinski definition) is 1. The van der Waals surface area contributed by atoms with Gasteiger partial charge in [-0.05, 0) is 24.3 Å². The van der Waals surface area contributed by atoms with Gasteiger partial charge in [-0.25, -0.2) is 8.78 Å². The zero-order chi connectivity index (χ0) is 15.0. The molecule has 1 heterocycles. The fraction of sp³-hybridized carbons (Fsp3) is 0.467. The number of alkyl halides is 2. The number of rotatable bonds is 4. The summed E-state index contributed by atoms with van der Waals surface area (Å²) < 4.78 is 25.6. The number of nitrogens with zero attached hydrogens (tertiary/aromatic N) is 1. The first-order valence-corrected chi connectivity index (χ1v) is 7.02. The first-order chi connectivity index (χ1) is 10.1. The predicted octanol–water partition coefficient (Wildman–Crippen LogP) is 1.73. The van der Waals surface area contributed by atoms with Crippen molar-refractivity contribution in [1.29, 1.82) is 0 Å². The highest BCUT2D eigenvalue weighted by atomic mass is 19.3. The molecule has 2 fully saturated rings. The number of piperazine rings is 1. The number of amides is 2. The summed E-state index contributed by atoms with van der Waals surface area (Å²) in [5, 5.41) is 2.68. The van der Waals surface area contributed by atoms with Gasteiger partial charge in [0.25, 0.3) is 12.3 Å². The molecule has 1 aliphatic heterocycles. The van der Waals surface area contributed by atoms with Gasteiger partial charge in [0.05, 0.1) is 6.54 Å². The maximum atomic E-state index is 12.8. The second-order valence-corrected chi connectivity index (χ2v) is 5.52. The van der Waals surface area contributed by atoms with E-state index in [9.17, 15) is 18.4 Å². The highest BCUT2D eigenvalue weighted by Crippen LogP contribution is 2.38. The predicted molar refractivity (Wildman–Crippen MR) is 71.6 cm³/mol. The van der Waals surface area contributed by atoms with E-state index in [4.69, 9.17) is 0 Å². The third-order valence-corrected chi connectivity index (χ3v) is 3.96. The molecule has 2 amide bonds. The fourth-order valence-corrected chi connectivity index (χ4v) is 2.84. The van der Waals surface area contributed by atoms with Crippen molar-refractivity contribution in [3.63, 3.8) is 0 Å². The number of carbonyl (C=O) groups excluding carboxylic acids is 2. The normalized spacial score (nSPS) is 26.1. The Kier molecular flexibility index (Phi) is 3.61. The van der Waals surface area contributed by atoms with Crippen LogP contribution >= 0.6 is 0 Å². The molecule has 1 saturated heterocycles. The van der Waals surface area contributed by atoms with Gasteiger partial charge >= 0.3 is 0 Å². The van der Waals surface area contributed by atoms with Crippen LogP contribution in [0, 0.1) is 5.92 Å². The van der Waals surface area contributed by atoms with Gasteiger partial charge in [-0.1, -0.05) is 30.3 Å². The average Bonchev–Trinajstić information content (AvgIpc) is 3.27. The number of carbonyl (C=O) groups is 2. The Bertz CT molecular complexity index is 546. The number of hydrogen-bond acceptors (Lipinski definition) is 2. The van der Waals surface area contributed by atoms with Gasteiger partial charge in [0.1, 0.15) is 12.1 Å². The molecular formula is C15H16F2N2O2. The Balaban J connectivity index is 1.89. The second kappa shape index (κ2) is 5.42. The molecule has 21 heavy (non-hydrogen) atoms. The molecule has 1 saturated carbocycles.